The van der Waals surface area contributed by atoms with Gasteiger partial charge in [0, 0.05) is 36.9 Å². The Morgan fingerprint density at radius 3 is 2.76 bits per heavy atom. The molecule has 2 fully saturated rings. The molecule has 3 nitrogen and oxygen atoms in total. The average molecular weight is 287 g/mol. The second-order valence-corrected chi connectivity index (χ2v) is 6.79. The molecule has 1 aromatic carbocycles. The van der Waals surface area contributed by atoms with Crippen LogP contribution in [0, 0.1) is 0 Å². The molecule has 0 aromatic heterocycles. The Hall–Kier alpha value is -1.06. The van der Waals surface area contributed by atoms with Crippen LogP contribution in [0.1, 0.15) is 38.2 Å². The number of rotatable bonds is 4. The van der Waals surface area contributed by atoms with Gasteiger partial charge in [-0.1, -0.05) is 25.1 Å². The largest absolute Gasteiger partial charge is 0.370 e. The summed E-state index contributed by atoms with van der Waals surface area (Å²) in [6.07, 6.45) is 6.07. The number of nitrogens with zero attached hydrogens (tertiary/aromatic N) is 2. The lowest BCUT2D eigenvalue weighted by atomic mass is 10.0. The van der Waals surface area contributed by atoms with Gasteiger partial charge in [-0.3, -0.25) is 4.90 Å². The number of hydrogen-bond acceptors (Lipinski definition) is 3. The Morgan fingerprint density at radius 2 is 1.95 bits per heavy atom. The quantitative estimate of drug-likeness (QED) is 0.924. The van der Waals surface area contributed by atoms with Gasteiger partial charge in [0.2, 0.25) is 0 Å². The number of anilines is 1. The van der Waals surface area contributed by atoms with E-state index < -0.39 is 0 Å². The van der Waals surface area contributed by atoms with E-state index in [-0.39, 0.29) is 6.04 Å². The minimum Gasteiger partial charge on any atom is -0.370 e. The number of fused-ring (bicyclic) bond motifs is 2. The van der Waals surface area contributed by atoms with Gasteiger partial charge in [0.1, 0.15) is 0 Å². The summed E-state index contributed by atoms with van der Waals surface area (Å²) in [6, 6.07) is 10.7. The van der Waals surface area contributed by atoms with E-state index in [2.05, 4.69) is 48.0 Å². The Kier molecular flexibility index (Phi) is 4.51. The molecule has 0 saturated carbocycles. The first-order chi connectivity index (χ1) is 10.2. The summed E-state index contributed by atoms with van der Waals surface area (Å²) in [7, 11) is 2.31. The first-order valence-electron chi connectivity index (χ1n) is 8.49. The standard InChI is InChI=1S/C18H29N3/c1-3-15(19)12-14-6-4-5-7-18(14)21-11-10-16-8-9-17(13-21)20(16)2/h4-7,15-17H,3,8-13,19H2,1-2H3. The second kappa shape index (κ2) is 6.37. The summed E-state index contributed by atoms with van der Waals surface area (Å²) < 4.78 is 0. The third kappa shape index (κ3) is 3.09. The molecule has 3 unspecified atom stereocenters. The Labute approximate surface area is 129 Å². The number of benzene rings is 1. The fraction of sp³-hybridized carbons (Fsp3) is 0.667. The summed E-state index contributed by atoms with van der Waals surface area (Å²) in [4.78, 5) is 5.22. The number of hydrogen-bond donors (Lipinski definition) is 1. The van der Waals surface area contributed by atoms with Crippen LogP contribution >= 0.6 is 0 Å². The highest BCUT2D eigenvalue weighted by Gasteiger charge is 2.34. The van der Waals surface area contributed by atoms with Crippen LogP contribution in [0.3, 0.4) is 0 Å². The third-order valence-electron chi connectivity index (χ3n) is 5.49. The van der Waals surface area contributed by atoms with E-state index in [0.29, 0.717) is 0 Å². The smallest absolute Gasteiger partial charge is 0.0399 e. The summed E-state index contributed by atoms with van der Waals surface area (Å²) in [5.74, 6) is 0. The van der Waals surface area contributed by atoms with Crippen molar-refractivity contribution in [3.63, 3.8) is 0 Å². The van der Waals surface area contributed by atoms with Crippen molar-refractivity contribution in [2.24, 2.45) is 5.73 Å². The minimum atomic E-state index is 0.275. The van der Waals surface area contributed by atoms with Crippen molar-refractivity contribution in [1.29, 1.82) is 0 Å². The van der Waals surface area contributed by atoms with Crippen LogP contribution in [0.25, 0.3) is 0 Å². The van der Waals surface area contributed by atoms with Crippen molar-refractivity contribution in [1.82, 2.24) is 4.90 Å². The van der Waals surface area contributed by atoms with Crippen LogP contribution in [0.15, 0.2) is 24.3 Å². The lowest BCUT2D eigenvalue weighted by Crippen LogP contribution is -2.37. The lowest BCUT2D eigenvalue weighted by molar-refractivity contribution is 0.254. The van der Waals surface area contributed by atoms with E-state index in [4.69, 9.17) is 5.73 Å². The number of nitrogens with two attached hydrogens (primary N) is 1. The normalized spacial score (nSPS) is 27.7. The summed E-state index contributed by atoms with van der Waals surface area (Å²) in [5.41, 5.74) is 9.03. The maximum absolute atomic E-state index is 6.19. The molecule has 2 aliphatic rings. The van der Waals surface area contributed by atoms with E-state index >= 15 is 0 Å². The van der Waals surface area contributed by atoms with E-state index in [1.807, 2.05) is 0 Å². The maximum atomic E-state index is 6.19. The molecule has 2 bridgehead atoms. The maximum Gasteiger partial charge on any atom is 0.0399 e. The fourth-order valence-electron chi connectivity index (χ4n) is 3.95. The van der Waals surface area contributed by atoms with Gasteiger partial charge in [-0.25, -0.2) is 0 Å². The molecule has 116 valence electrons. The first-order valence-corrected chi connectivity index (χ1v) is 8.49. The van der Waals surface area contributed by atoms with Crippen LogP contribution in [0.5, 0.6) is 0 Å². The van der Waals surface area contributed by atoms with E-state index in [0.717, 1.165) is 24.9 Å². The molecule has 2 heterocycles. The summed E-state index contributed by atoms with van der Waals surface area (Å²) >= 11 is 0. The highest BCUT2D eigenvalue weighted by Crippen LogP contribution is 2.32. The van der Waals surface area contributed by atoms with Crippen molar-refractivity contribution in [3.8, 4) is 0 Å². The average Bonchev–Trinajstić information content (AvgIpc) is 2.73. The molecule has 3 atom stereocenters. The molecular weight excluding hydrogens is 258 g/mol. The predicted octanol–water partition coefficient (Wildman–Crippen LogP) is 2.64. The van der Waals surface area contributed by atoms with Gasteiger partial charge < -0.3 is 10.6 Å². The molecule has 21 heavy (non-hydrogen) atoms. The first kappa shape index (κ1) is 14.9. The van der Waals surface area contributed by atoms with Gasteiger partial charge in [-0.05, 0) is 50.8 Å². The Morgan fingerprint density at radius 1 is 1.19 bits per heavy atom. The minimum absolute atomic E-state index is 0.275. The highest BCUT2D eigenvalue weighted by molar-refractivity contribution is 5.54. The highest BCUT2D eigenvalue weighted by atomic mass is 15.3. The van der Waals surface area contributed by atoms with Crippen LogP contribution in [0.4, 0.5) is 5.69 Å². The topological polar surface area (TPSA) is 32.5 Å². The van der Waals surface area contributed by atoms with Gasteiger partial charge in [0.25, 0.3) is 0 Å². The molecule has 2 saturated heterocycles. The second-order valence-electron chi connectivity index (χ2n) is 6.79. The Balaban J connectivity index is 1.80. The van der Waals surface area contributed by atoms with E-state index in [1.54, 1.807) is 0 Å². The van der Waals surface area contributed by atoms with Gasteiger partial charge in [0.15, 0.2) is 0 Å². The zero-order chi connectivity index (χ0) is 14.8. The van der Waals surface area contributed by atoms with Crippen LogP contribution in [0.2, 0.25) is 0 Å². The zero-order valence-corrected chi connectivity index (χ0v) is 13.5. The van der Waals surface area contributed by atoms with Crippen LogP contribution in [-0.4, -0.2) is 43.2 Å². The molecule has 2 N–H and O–H groups in total. The van der Waals surface area contributed by atoms with Crippen molar-refractivity contribution < 1.29 is 0 Å². The zero-order valence-electron chi connectivity index (χ0n) is 13.5. The molecule has 0 spiro atoms. The monoisotopic (exact) mass is 287 g/mol. The van der Waals surface area contributed by atoms with E-state index in [1.165, 1.54) is 43.6 Å². The van der Waals surface area contributed by atoms with Crippen LogP contribution < -0.4 is 10.6 Å². The molecule has 0 radical (unpaired) electrons. The summed E-state index contributed by atoms with van der Waals surface area (Å²) in [6.45, 7) is 4.53. The van der Waals surface area contributed by atoms with Crippen molar-refractivity contribution in [2.45, 2.75) is 57.2 Å². The van der Waals surface area contributed by atoms with Gasteiger partial charge in [-0.2, -0.15) is 0 Å². The number of para-hydroxylation sites is 1. The Bertz CT molecular complexity index is 473. The number of likely N-dealkylation sites (N-methyl/N-ethyl adjacent to an activating group) is 1. The van der Waals surface area contributed by atoms with Gasteiger partial charge in [-0.15, -0.1) is 0 Å². The van der Waals surface area contributed by atoms with Crippen LogP contribution in [-0.2, 0) is 6.42 Å². The molecule has 3 rings (SSSR count). The van der Waals surface area contributed by atoms with Crippen molar-refractivity contribution in [3.05, 3.63) is 29.8 Å². The molecule has 3 heteroatoms. The SMILES string of the molecule is CCC(N)Cc1ccccc1N1CCC2CCC(C1)N2C. The molecule has 2 aliphatic heterocycles. The lowest BCUT2D eigenvalue weighted by Gasteiger charge is -2.30. The molecule has 1 aromatic rings. The fourth-order valence-corrected chi connectivity index (χ4v) is 3.95. The van der Waals surface area contributed by atoms with Crippen molar-refractivity contribution in [2.75, 3.05) is 25.0 Å². The third-order valence-corrected chi connectivity index (χ3v) is 5.49. The summed E-state index contributed by atoms with van der Waals surface area (Å²) in [5, 5.41) is 0. The molecule has 0 aliphatic carbocycles. The van der Waals surface area contributed by atoms with Gasteiger partial charge >= 0.3 is 0 Å². The predicted molar refractivity (Wildman–Crippen MR) is 89.8 cm³/mol. The van der Waals surface area contributed by atoms with Crippen molar-refractivity contribution >= 4 is 5.69 Å². The van der Waals surface area contributed by atoms with E-state index in [9.17, 15) is 0 Å². The molecule has 0 amide bonds. The molecular formula is C18H29N3. The van der Waals surface area contributed by atoms with Gasteiger partial charge in [0.05, 0.1) is 0 Å².